The van der Waals surface area contributed by atoms with Crippen molar-refractivity contribution in [3.8, 4) is 0 Å². The summed E-state index contributed by atoms with van der Waals surface area (Å²) in [4.78, 5) is 11.0. The Morgan fingerprint density at radius 3 is 2.44 bits per heavy atom. The third-order valence-electron chi connectivity index (χ3n) is 2.64. The smallest absolute Gasteiger partial charge is 0.162 e. The van der Waals surface area contributed by atoms with E-state index in [-0.39, 0.29) is 0 Å². The lowest BCUT2D eigenvalue weighted by Crippen LogP contribution is -2.10. The molecular formula is C12H14BrN3. The van der Waals surface area contributed by atoms with Gasteiger partial charge in [0.2, 0.25) is 0 Å². The maximum atomic E-state index is 4.53. The molecule has 0 saturated carbocycles. The van der Waals surface area contributed by atoms with Crippen molar-refractivity contribution in [3.63, 3.8) is 0 Å². The van der Waals surface area contributed by atoms with Gasteiger partial charge < -0.3 is 4.90 Å². The van der Waals surface area contributed by atoms with Gasteiger partial charge in [-0.05, 0) is 47.5 Å². The van der Waals surface area contributed by atoms with E-state index in [1.807, 2.05) is 32.0 Å². The number of pyridine rings is 2. The van der Waals surface area contributed by atoms with Crippen molar-refractivity contribution in [3.05, 3.63) is 27.9 Å². The van der Waals surface area contributed by atoms with E-state index < -0.39 is 0 Å². The van der Waals surface area contributed by atoms with Crippen molar-refractivity contribution >= 4 is 32.8 Å². The van der Waals surface area contributed by atoms with Crippen molar-refractivity contribution in [1.29, 1.82) is 0 Å². The standard InChI is InChI=1S/C12H14BrN3/c1-7-9-5-6-10(16(3)4)15-12(9)14-8(2)11(7)13/h5-6H,1-4H3. The van der Waals surface area contributed by atoms with Gasteiger partial charge in [0, 0.05) is 24.0 Å². The maximum Gasteiger partial charge on any atom is 0.162 e. The summed E-state index contributed by atoms with van der Waals surface area (Å²) < 4.78 is 1.07. The minimum Gasteiger partial charge on any atom is -0.363 e. The molecule has 0 fully saturated rings. The monoisotopic (exact) mass is 279 g/mol. The van der Waals surface area contributed by atoms with E-state index in [9.17, 15) is 0 Å². The predicted molar refractivity (Wildman–Crippen MR) is 71.0 cm³/mol. The van der Waals surface area contributed by atoms with Gasteiger partial charge in [0.15, 0.2) is 5.65 Å². The second-order valence-corrected chi connectivity index (χ2v) is 4.86. The molecule has 0 aromatic carbocycles. The molecule has 0 spiro atoms. The number of hydrogen-bond acceptors (Lipinski definition) is 3. The van der Waals surface area contributed by atoms with Crippen LogP contribution in [-0.4, -0.2) is 24.1 Å². The van der Waals surface area contributed by atoms with Crippen LogP contribution in [0.5, 0.6) is 0 Å². The zero-order valence-electron chi connectivity index (χ0n) is 9.87. The molecule has 0 atom stereocenters. The zero-order chi connectivity index (χ0) is 11.9. The fourth-order valence-corrected chi connectivity index (χ4v) is 1.97. The number of aromatic nitrogens is 2. The molecular weight excluding hydrogens is 266 g/mol. The Morgan fingerprint density at radius 2 is 1.81 bits per heavy atom. The van der Waals surface area contributed by atoms with Gasteiger partial charge in [-0.1, -0.05) is 0 Å². The summed E-state index contributed by atoms with van der Waals surface area (Å²) in [6.07, 6.45) is 0. The minimum absolute atomic E-state index is 0.810. The van der Waals surface area contributed by atoms with Crippen LogP contribution < -0.4 is 4.90 Å². The summed E-state index contributed by atoms with van der Waals surface area (Å²) in [7, 11) is 3.96. The molecule has 0 N–H and O–H groups in total. The highest BCUT2D eigenvalue weighted by Crippen LogP contribution is 2.27. The van der Waals surface area contributed by atoms with Gasteiger partial charge in [-0.3, -0.25) is 0 Å². The first-order chi connectivity index (χ1) is 7.50. The summed E-state index contributed by atoms with van der Waals surface area (Å²) in [6.45, 7) is 4.07. The topological polar surface area (TPSA) is 29.0 Å². The van der Waals surface area contributed by atoms with Crippen LogP contribution in [0.4, 0.5) is 5.82 Å². The largest absolute Gasteiger partial charge is 0.363 e. The molecule has 2 aromatic heterocycles. The molecule has 0 aliphatic carbocycles. The van der Waals surface area contributed by atoms with Crippen LogP contribution in [0.2, 0.25) is 0 Å². The van der Waals surface area contributed by atoms with Crippen LogP contribution in [0.25, 0.3) is 11.0 Å². The molecule has 84 valence electrons. The molecule has 2 rings (SSSR count). The lowest BCUT2D eigenvalue weighted by Gasteiger charge is -2.13. The number of aryl methyl sites for hydroxylation is 2. The number of nitrogens with zero attached hydrogens (tertiary/aromatic N) is 3. The SMILES string of the molecule is Cc1nc2nc(N(C)C)ccc2c(C)c1Br. The van der Waals surface area contributed by atoms with E-state index >= 15 is 0 Å². The van der Waals surface area contributed by atoms with E-state index in [4.69, 9.17) is 0 Å². The highest BCUT2D eigenvalue weighted by atomic mass is 79.9. The van der Waals surface area contributed by atoms with E-state index in [1.165, 1.54) is 5.56 Å². The lowest BCUT2D eigenvalue weighted by molar-refractivity contribution is 1.07. The Balaban J connectivity index is 2.76. The average molecular weight is 280 g/mol. The fourth-order valence-electron chi connectivity index (χ4n) is 1.66. The molecule has 0 bridgehead atoms. The van der Waals surface area contributed by atoms with Crippen LogP contribution in [0.1, 0.15) is 11.3 Å². The van der Waals surface area contributed by atoms with Gasteiger partial charge in [-0.25, -0.2) is 9.97 Å². The number of fused-ring (bicyclic) bond motifs is 1. The highest BCUT2D eigenvalue weighted by molar-refractivity contribution is 9.10. The van der Waals surface area contributed by atoms with Crippen molar-refractivity contribution in [2.45, 2.75) is 13.8 Å². The van der Waals surface area contributed by atoms with Gasteiger partial charge in [-0.2, -0.15) is 0 Å². The molecule has 2 aromatic rings. The van der Waals surface area contributed by atoms with Gasteiger partial charge in [0.25, 0.3) is 0 Å². The van der Waals surface area contributed by atoms with Crippen molar-refractivity contribution in [2.24, 2.45) is 0 Å². The first-order valence-corrected chi connectivity index (χ1v) is 5.91. The lowest BCUT2D eigenvalue weighted by atomic mass is 10.1. The molecule has 2 heterocycles. The van der Waals surface area contributed by atoms with Crippen LogP contribution in [0, 0.1) is 13.8 Å². The number of halogens is 1. The van der Waals surface area contributed by atoms with Crippen LogP contribution in [0.15, 0.2) is 16.6 Å². The van der Waals surface area contributed by atoms with E-state index in [2.05, 4.69) is 38.9 Å². The Bertz CT molecular complexity index is 549. The van der Waals surface area contributed by atoms with Gasteiger partial charge >= 0.3 is 0 Å². The van der Waals surface area contributed by atoms with Gasteiger partial charge in [0.1, 0.15) is 5.82 Å². The third-order valence-corrected chi connectivity index (χ3v) is 3.81. The third kappa shape index (κ3) is 1.78. The molecule has 3 nitrogen and oxygen atoms in total. The van der Waals surface area contributed by atoms with Gasteiger partial charge in [-0.15, -0.1) is 0 Å². The second-order valence-electron chi connectivity index (χ2n) is 4.07. The van der Waals surface area contributed by atoms with Crippen LogP contribution in [0.3, 0.4) is 0 Å². The normalized spacial score (nSPS) is 10.8. The number of rotatable bonds is 1. The second kappa shape index (κ2) is 4.01. The Morgan fingerprint density at radius 1 is 1.12 bits per heavy atom. The van der Waals surface area contributed by atoms with Crippen LogP contribution in [-0.2, 0) is 0 Å². The predicted octanol–water partition coefficient (Wildman–Crippen LogP) is 3.08. The number of anilines is 1. The molecule has 0 unspecified atom stereocenters. The molecule has 0 aliphatic heterocycles. The summed E-state index contributed by atoms with van der Waals surface area (Å²) in [5.41, 5.74) is 2.98. The maximum absolute atomic E-state index is 4.53. The molecule has 4 heteroatoms. The van der Waals surface area contributed by atoms with E-state index in [1.54, 1.807) is 0 Å². The Labute approximate surface area is 104 Å². The number of hydrogen-bond donors (Lipinski definition) is 0. The molecule has 0 aliphatic rings. The van der Waals surface area contributed by atoms with Crippen LogP contribution >= 0.6 is 15.9 Å². The van der Waals surface area contributed by atoms with Gasteiger partial charge in [0.05, 0.1) is 5.69 Å². The van der Waals surface area contributed by atoms with E-state index in [0.717, 1.165) is 27.0 Å². The zero-order valence-corrected chi connectivity index (χ0v) is 11.5. The molecule has 0 amide bonds. The molecule has 0 saturated heterocycles. The first kappa shape index (κ1) is 11.3. The summed E-state index contributed by atoms with van der Waals surface area (Å²) >= 11 is 3.55. The van der Waals surface area contributed by atoms with Crippen molar-refractivity contribution in [2.75, 3.05) is 19.0 Å². The average Bonchev–Trinajstić information content (AvgIpc) is 2.25. The highest BCUT2D eigenvalue weighted by Gasteiger charge is 2.08. The van der Waals surface area contributed by atoms with Crippen molar-refractivity contribution < 1.29 is 0 Å². The summed E-state index contributed by atoms with van der Waals surface area (Å²) in [5.74, 6) is 0.932. The first-order valence-electron chi connectivity index (χ1n) is 5.11. The Hall–Kier alpha value is -1.16. The minimum atomic E-state index is 0.810. The van der Waals surface area contributed by atoms with Crippen molar-refractivity contribution in [1.82, 2.24) is 9.97 Å². The quantitative estimate of drug-likeness (QED) is 0.803. The summed E-state index contributed by atoms with van der Waals surface area (Å²) in [5, 5.41) is 1.10. The summed E-state index contributed by atoms with van der Waals surface area (Å²) in [6, 6.07) is 4.09. The fraction of sp³-hybridized carbons (Fsp3) is 0.333. The van der Waals surface area contributed by atoms with E-state index in [0.29, 0.717) is 0 Å². The Kier molecular flexibility index (Phi) is 2.84. The molecule has 16 heavy (non-hydrogen) atoms. The molecule has 0 radical (unpaired) electrons.